The Morgan fingerprint density at radius 3 is 3.19 bits per heavy atom. The second kappa shape index (κ2) is 3.14. The first-order chi connectivity index (χ1) is 7.75. The van der Waals surface area contributed by atoms with Crippen molar-refractivity contribution in [3.05, 3.63) is 23.7 Å². The van der Waals surface area contributed by atoms with Gasteiger partial charge in [-0.2, -0.15) is 4.98 Å². The first kappa shape index (κ1) is 9.04. The number of carboxylic acid groups (broad SMARTS) is 1. The van der Waals surface area contributed by atoms with E-state index >= 15 is 0 Å². The van der Waals surface area contributed by atoms with Crippen molar-refractivity contribution in [2.75, 3.05) is 0 Å². The number of hydrogen-bond acceptors (Lipinski definition) is 6. The summed E-state index contributed by atoms with van der Waals surface area (Å²) in [4.78, 5) is 19.2. The summed E-state index contributed by atoms with van der Waals surface area (Å²) >= 11 is 1.47. The number of carboxylic acids is 1. The highest BCUT2D eigenvalue weighted by Gasteiger charge is 2.17. The summed E-state index contributed by atoms with van der Waals surface area (Å²) in [6.45, 7) is 0. The highest BCUT2D eigenvalue weighted by Crippen LogP contribution is 2.20. The molecule has 16 heavy (non-hydrogen) atoms. The molecule has 0 aliphatic rings. The van der Waals surface area contributed by atoms with Crippen molar-refractivity contribution >= 4 is 22.3 Å². The van der Waals surface area contributed by atoms with Gasteiger partial charge in [0, 0.05) is 11.6 Å². The van der Waals surface area contributed by atoms with E-state index in [-0.39, 0.29) is 5.82 Å². The number of rotatable bonds is 2. The second-order valence-corrected chi connectivity index (χ2v) is 3.80. The molecule has 8 heteroatoms. The lowest BCUT2D eigenvalue weighted by molar-refractivity contribution is 0.0643. The highest BCUT2D eigenvalue weighted by atomic mass is 32.1. The van der Waals surface area contributed by atoms with Crippen LogP contribution in [0.3, 0.4) is 0 Å². The van der Waals surface area contributed by atoms with E-state index in [1.807, 2.05) is 5.38 Å². The summed E-state index contributed by atoms with van der Waals surface area (Å²) in [7, 11) is 0. The normalized spacial score (nSPS) is 11.0. The molecule has 0 radical (unpaired) electrons. The summed E-state index contributed by atoms with van der Waals surface area (Å²) in [6.07, 6.45) is 3.38. The Kier molecular flexibility index (Phi) is 1.77. The number of hydrogen-bond donors (Lipinski definition) is 1. The van der Waals surface area contributed by atoms with Crippen molar-refractivity contribution in [3.8, 4) is 11.5 Å². The average Bonchev–Trinajstić information content (AvgIpc) is 2.92. The first-order valence-corrected chi connectivity index (χ1v) is 5.11. The molecule has 0 atom stereocenters. The van der Waals surface area contributed by atoms with Crippen LogP contribution in [-0.4, -0.2) is 30.6 Å². The van der Waals surface area contributed by atoms with Crippen LogP contribution in [-0.2, 0) is 0 Å². The Hall–Kier alpha value is -2.22. The van der Waals surface area contributed by atoms with Crippen molar-refractivity contribution in [1.82, 2.24) is 19.5 Å². The largest absolute Gasteiger partial charge is 0.474 e. The summed E-state index contributed by atoms with van der Waals surface area (Å²) in [5.74, 6) is -1.46. The molecule has 0 saturated heterocycles. The van der Waals surface area contributed by atoms with Crippen molar-refractivity contribution in [2.24, 2.45) is 0 Å². The van der Waals surface area contributed by atoms with Gasteiger partial charge in [-0.05, 0) is 0 Å². The fourth-order valence-electron chi connectivity index (χ4n) is 1.31. The summed E-state index contributed by atoms with van der Waals surface area (Å²) in [5.41, 5.74) is 0.604. The predicted octanol–water partition coefficient (Wildman–Crippen LogP) is 1.14. The zero-order chi connectivity index (χ0) is 11.1. The molecule has 80 valence electrons. The zero-order valence-electron chi connectivity index (χ0n) is 7.69. The number of aromatic carboxylic acids is 1. The molecule has 0 fully saturated rings. The maximum atomic E-state index is 10.6. The fourth-order valence-corrected chi connectivity index (χ4v) is 2.00. The molecule has 0 bridgehead atoms. The molecule has 0 spiro atoms. The Morgan fingerprint density at radius 1 is 1.56 bits per heavy atom. The molecule has 0 aromatic carbocycles. The van der Waals surface area contributed by atoms with Crippen molar-refractivity contribution in [2.45, 2.75) is 0 Å². The lowest BCUT2D eigenvalue weighted by atomic mass is 10.4. The van der Waals surface area contributed by atoms with Crippen LogP contribution in [0.1, 0.15) is 10.7 Å². The lowest BCUT2D eigenvalue weighted by Gasteiger charge is -1.88. The average molecular weight is 236 g/mol. The van der Waals surface area contributed by atoms with Gasteiger partial charge in [0.05, 0.1) is 6.20 Å². The molecule has 0 unspecified atom stereocenters. The third kappa shape index (κ3) is 1.20. The molecule has 0 aliphatic carbocycles. The van der Waals surface area contributed by atoms with Gasteiger partial charge >= 0.3 is 11.9 Å². The standard InChI is InChI=1S/C8H4N4O3S/c13-7(14)6-10-5(11-15-6)4-3-9-8-12(4)1-2-16-8/h1-3H,(H,13,14). The second-order valence-electron chi connectivity index (χ2n) is 2.93. The number of aromatic nitrogens is 4. The van der Waals surface area contributed by atoms with E-state index in [0.717, 1.165) is 4.96 Å². The van der Waals surface area contributed by atoms with Crippen LogP contribution in [0.25, 0.3) is 16.5 Å². The number of nitrogens with zero attached hydrogens (tertiary/aromatic N) is 4. The Bertz CT molecular complexity index is 667. The number of thiazole rings is 1. The van der Waals surface area contributed by atoms with Crippen molar-refractivity contribution in [3.63, 3.8) is 0 Å². The predicted molar refractivity (Wildman–Crippen MR) is 53.3 cm³/mol. The SMILES string of the molecule is O=C(O)c1nc(-c2cnc3sccn23)no1. The molecular formula is C8H4N4O3S. The fraction of sp³-hybridized carbons (Fsp3) is 0. The summed E-state index contributed by atoms with van der Waals surface area (Å²) in [6, 6.07) is 0. The molecular weight excluding hydrogens is 232 g/mol. The van der Waals surface area contributed by atoms with Crippen LogP contribution in [0.15, 0.2) is 22.3 Å². The van der Waals surface area contributed by atoms with Gasteiger partial charge in [0.15, 0.2) is 4.96 Å². The van der Waals surface area contributed by atoms with Gasteiger partial charge in [0.2, 0.25) is 5.82 Å². The molecule has 3 heterocycles. The van der Waals surface area contributed by atoms with Gasteiger partial charge in [-0.25, -0.2) is 9.78 Å². The van der Waals surface area contributed by atoms with E-state index in [1.54, 1.807) is 16.8 Å². The summed E-state index contributed by atoms with van der Waals surface area (Å²) in [5, 5.41) is 14.1. The third-order valence-electron chi connectivity index (χ3n) is 1.98. The van der Waals surface area contributed by atoms with Crippen molar-refractivity contribution in [1.29, 1.82) is 0 Å². The molecule has 3 aromatic heterocycles. The minimum atomic E-state index is -1.25. The van der Waals surface area contributed by atoms with Crippen molar-refractivity contribution < 1.29 is 14.4 Å². The lowest BCUT2D eigenvalue weighted by Crippen LogP contribution is -1.95. The van der Waals surface area contributed by atoms with Crippen LogP contribution in [0, 0.1) is 0 Å². The third-order valence-corrected chi connectivity index (χ3v) is 2.76. The number of imidazole rings is 1. The Labute approximate surface area is 92.0 Å². The van der Waals surface area contributed by atoms with E-state index in [4.69, 9.17) is 5.11 Å². The molecule has 0 amide bonds. The molecule has 0 aliphatic heterocycles. The van der Waals surface area contributed by atoms with Crippen LogP contribution in [0.2, 0.25) is 0 Å². The molecule has 1 N–H and O–H groups in total. The molecule has 3 aromatic rings. The topological polar surface area (TPSA) is 93.5 Å². The minimum absolute atomic E-state index is 0.211. The van der Waals surface area contributed by atoms with Gasteiger partial charge in [0.1, 0.15) is 5.69 Å². The Balaban J connectivity index is 2.15. The monoisotopic (exact) mass is 236 g/mol. The van der Waals surface area contributed by atoms with E-state index < -0.39 is 11.9 Å². The molecule has 0 saturated carbocycles. The molecule has 3 rings (SSSR count). The van der Waals surface area contributed by atoms with Gasteiger partial charge in [-0.15, -0.1) is 11.3 Å². The van der Waals surface area contributed by atoms with E-state index in [2.05, 4.69) is 19.6 Å². The highest BCUT2D eigenvalue weighted by molar-refractivity contribution is 7.15. The van der Waals surface area contributed by atoms with Crippen LogP contribution in [0.4, 0.5) is 0 Å². The number of fused-ring (bicyclic) bond motifs is 1. The maximum absolute atomic E-state index is 10.6. The quantitative estimate of drug-likeness (QED) is 0.717. The smallest absolute Gasteiger partial charge is 0.394 e. The van der Waals surface area contributed by atoms with Crippen LogP contribution >= 0.6 is 11.3 Å². The minimum Gasteiger partial charge on any atom is -0.474 e. The molecule has 7 nitrogen and oxygen atoms in total. The van der Waals surface area contributed by atoms with E-state index in [1.165, 1.54) is 11.3 Å². The van der Waals surface area contributed by atoms with Gasteiger partial charge in [0.25, 0.3) is 0 Å². The van der Waals surface area contributed by atoms with Gasteiger partial charge in [-0.3, -0.25) is 4.40 Å². The maximum Gasteiger partial charge on any atom is 0.394 e. The van der Waals surface area contributed by atoms with Crippen LogP contribution in [0.5, 0.6) is 0 Å². The van der Waals surface area contributed by atoms with Crippen LogP contribution < -0.4 is 0 Å². The Morgan fingerprint density at radius 2 is 2.44 bits per heavy atom. The van der Waals surface area contributed by atoms with E-state index in [0.29, 0.717) is 5.69 Å². The van der Waals surface area contributed by atoms with Gasteiger partial charge < -0.3 is 9.63 Å². The van der Waals surface area contributed by atoms with E-state index in [9.17, 15) is 4.79 Å². The number of carbonyl (C=O) groups is 1. The van der Waals surface area contributed by atoms with Gasteiger partial charge in [-0.1, -0.05) is 5.16 Å². The summed E-state index contributed by atoms with van der Waals surface area (Å²) < 4.78 is 6.34. The first-order valence-electron chi connectivity index (χ1n) is 4.23. The zero-order valence-corrected chi connectivity index (χ0v) is 8.51.